The number of rotatable bonds is 6. The summed E-state index contributed by atoms with van der Waals surface area (Å²) in [6.45, 7) is 0. The molecule has 0 spiro atoms. The summed E-state index contributed by atoms with van der Waals surface area (Å²) in [5.74, 6) is 2.57. The molecule has 0 bridgehead atoms. The Balaban J connectivity index is 0.932. The van der Waals surface area contributed by atoms with Crippen molar-refractivity contribution in [1.82, 2.24) is 15.0 Å². The Morgan fingerprint density at radius 3 is 1.57 bits per heavy atom. The molecule has 0 N–H and O–H groups in total. The van der Waals surface area contributed by atoms with Gasteiger partial charge >= 0.3 is 0 Å². The molecular formula is C57H37N3O. The third-order valence-electron chi connectivity index (χ3n) is 12.3. The molecular weight excluding hydrogens is 743 g/mol. The average Bonchev–Trinajstić information content (AvgIpc) is 3.73. The van der Waals surface area contributed by atoms with Crippen molar-refractivity contribution in [2.24, 2.45) is 0 Å². The van der Waals surface area contributed by atoms with Crippen LogP contribution in [0.4, 0.5) is 0 Å². The Morgan fingerprint density at radius 1 is 0.328 bits per heavy atom. The van der Waals surface area contributed by atoms with Crippen LogP contribution in [-0.4, -0.2) is 15.0 Å². The molecule has 0 radical (unpaired) electrons. The summed E-state index contributed by atoms with van der Waals surface area (Å²) in [6.07, 6.45) is 9.11. The Labute approximate surface area is 353 Å². The quantitative estimate of drug-likeness (QED) is 0.169. The zero-order chi connectivity index (χ0) is 40.3. The highest BCUT2D eigenvalue weighted by Crippen LogP contribution is 2.50. The summed E-state index contributed by atoms with van der Waals surface area (Å²) in [4.78, 5) is 14.9. The summed E-state index contributed by atoms with van der Waals surface area (Å²) in [7, 11) is 0. The lowest BCUT2D eigenvalue weighted by molar-refractivity contribution is 0.669. The third-order valence-corrected chi connectivity index (χ3v) is 12.3. The van der Waals surface area contributed by atoms with Gasteiger partial charge in [-0.1, -0.05) is 176 Å². The fraction of sp³-hybridized carbons (Fsp3) is 0.0351. The van der Waals surface area contributed by atoms with Crippen LogP contribution >= 0.6 is 0 Å². The third kappa shape index (κ3) is 6.11. The predicted molar refractivity (Wildman–Crippen MR) is 249 cm³/mol. The summed E-state index contributed by atoms with van der Waals surface area (Å²) in [5, 5.41) is 2.16. The van der Waals surface area contributed by atoms with Gasteiger partial charge in [0.15, 0.2) is 17.5 Å². The molecule has 2 unspecified atom stereocenters. The van der Waals surface area contributed by atoms with E-state index in [2.05, 4.69) is 152 Å². The Morgan fingerprint density at radius 2 is 0.836 bits per heavy atom. The van der Waals surface area contributed by atoms with E-state index in [9.17, 15) is 0 Å². The van der Waals surface area contributed by atoms with E-state index in [1.54, 1.807) is 0 Å². The molecule has 4 nitrogen and oxygen atoms in total. The molecule has 4 heteroatoms. The predicted octanol–water partition coefficient (Wildman–Crippen LogP) is 14.7. The van der Waals surface area contributed by atoms with E-state index in [4.69, 9.17) is 19.4 Å². The molecule has 0 saturated carbocycles. The minimum atomic E-state index is 0.320. The highest BCUT2D eigenvalue weighted by Gasteiger charge is 2.31. The maximum absolute atomic E-state index is 6.52. The molecule has 2 heterocycles. The van der Waals surface area contributed by atoms with Gasteiger partial charge in [-0.25, -0.2) is 15.0 Å². The van der Waals surface area contributed by atoms with Gasteiger partial charge in [0.05, 0.1) is 0 Å². The highest BCUT2D eigenvalue weighted by atomic mass is 16.3. The monoisotopic (exact) mass is 779 g/mol. The highest BCUT2D eigenvalue weighted by molar-refractivity contribution is 6.13. The van der Waals surface area contributed by atoms with E-state index in [1.807, 2.05) is 60.7 Å². The van der Waals surface area contributed by atoms with Gasteiger partial charge in [0.1, 0.15) is 11.2 Å². The molecule has 0 saturated heterocycles. The topological polar surface area (TPSA) is 51.8 Å². The van der Waals surface area contributed by atoms with Crippen molar-refractivity contribution >= 4 is 21.9 Å². The van der Waals surface area contributed by atoms with Crippen LogP contribution in [0, 0.1) is 0 Å². The van der Waals surface area contributed by atoms with Gasteiger partial charge in [0.2, 0.25) is 0 Å². The number of allylic oxidation sites excluding steroid dienone is 4. The van der Waals surface area contributed by atoms with E-state index in [0.29, 0.717) is 29.3 Å². The zero-order valence-corrected chi connectivity index (χ0v) is 33.1. The van der Waals surface area contributed by atoms with Crippen LogP contribution in [0.25, 0.3) is 101 Å². The molecule has 10 aromatic rings. The molecule has 286 valence electrons. The van der Waals surface area contributed by atoms with Crippen molar-refractivity contribution in [1.29, 1.82) is 0 Å². The van der Waals surface area contributed by atoms with Gasteiger partial charge in [-0.05, 0) is 92.0 Å². The first-order chi connectivity index (χ1) is 30.2. The molecule has 2 aromatic heterocycles. The van der Waals surface area contributed by atoms with Crippen molar-refractivity contribution in [2.45, 2.75) is 11.8 Å². The summed E-state index contributed by atoms with van der Waals surface area (Å²) >= 11 is 0. The SMILES string of the molecule is C1=CC2c3ccccc3-c3ccc(-c4cccc(-c5ccc6oc7cccc(-c8cccc(-c9nc(-c%10ccccc%10)nc(-c%10ccccc%10)n9)c8)c7c6c5)c4)cc3C2C=C1. The summed E-state index contributed by atoms with van der Waals surface area (Å²) in [5.41, 5.74) is 16.8. The van der Waals surface area contributed by atoms with E-state index in [1.165, 1.54) is 33.4 Å². The van der Waals surface area contributed by atoms with E-state index in [-0.39, 0.29) is 0 Å². The molecule has 61 heavy (non-hydrogen) atoms. The van der Waals surface area contributed by atoms with E-state index >= 15 is 0 Å². The number of hydrogen-bond donors (Lipinski definition) is 0. The summed E-state index contributed by atoms with van der Waals surface area (Å²) in [6, 6.07) is 66.4. The van der Waals surface area contributed by atoms with Crippen LogP contribution < -0.4 is 0 Å². The minimum absolute atomic E-state index is 0.320. The molecule has 2 atom stereocenters. The summed E-state index contributed by atoms with van der Waals surface area (Å²) < 4.78 is 6.52. The maximum atomic E-state index is 6.52. The molecule has 12 rings (SSSR count). The van der Waals surface area contributed by atoms with Gasteiger partial charge in [0.25, 0.3) is 0 Å². The van der Waals surface area contributed by atoms with Gasteiger partial charge < -0.3 is 4.42 Å². The van der Waals surface area contributed by atoms with Crippen molar-refractivity contribution in [2.75, 3.05) is 0 Å². The Hall–Kier alpha value is -7.95. The van der Waals surface area contributed by atoms with Crippen molar-refractivity contribution in [3.63, 3.8) is 0 Å². The standard InChI is InChI=1S/C57H37N3O/c1-3-14-36(15-4-1)55-58-56(37-16-5-2-6-17-37)60-57(59-55)43-21-12-20-42(33-43)44-26-13-27-53-54(44)51-35-41(29-31-52(51)61-53)39-19-11-18-38(32-39)40-28-30-49-47-24-8-7-22-45(47)46-23-9-10-25-48(46)50(49)34-40/h1-35,46,48H. The first kappa shape index (κ1) is 35.0. The minimum Gasteiger partial charge on any atom is -0.456 e. The van der Waals surface area contributed by atoms with Crippen molar-refractivity contribution < 1.29 is 4.42 Å². The lowest BCUT2D eigenvalue weighted by Gasteiger charge is -2.34. The second-order valence-electron chi connectivity index (χ2n) is 15.9. The number of furan rings is 1. The van der Waals surface area contributed by atoms with Gasteiger partial charge in [-0.2, -0.15) is 0 Å². The van der Waals surface area contributed by atoms with Crippen LogP contribution in [0.1, 0.15) is 23.0 Å². The Bertz CT molecular complexity index is 3320. The van der Waals surface area contributed by atoms with Crippen LogP contribution in [0.3, 0.4) is 0 Å². The molecule has 8 aromatic carbocycles. The Kier molecular flexibility index (Phi) is 8.27. The molecule has 0 aliphatic heterocycles. The molecule has 0 amide bonds. The second-order valence-corrected chi connectivity index (χ2v) is 15.9. The van der Waals surface area contributed by atoms with E-state index < -0.39 is 0 Å². The smallest absolute Gasteiger partial charge is 0.164 e. The number of nitrogens with zero attached hydrogens (tertiary/aromatic N) is 3. The largest absolute Gasteiger partial charge is 0.456 e. The van der Waals surface area contributed by atoms with Crippen LogP contribution in [-0.2, 0) is 0 Å². The lowest BCUT2D eigenvalue weighted by Crippen LogP contribution is -2.16. The molecule has 2 aliphatic carbocycles. The fourth-order valence-corrected chi connectivity index (χ4v) is 9.39. The lowest BCUT2D eigenvalue weighted by atomic mass is 9.69. The number of hydrogen-bond acceptors (Lipinski definition) is 4. The van der Waals surface area contributed by atoms with Crippen LogP contribution in [0.15, 0.2) is 217 Å². The van der Waals surface area contributed by atoms with Crippen molar-refractivity contribution in [3.05, 3.63) is 223 Å². The number of fused-ring (bicyclic) bond motifs is 9. The van der Waals surface area contributed by atoms with Crippen LogP contribution in [0.2, 0.25) is 0 Å². The van der Waals surface area contributed by atoms with Gasteiger partial charge in [-0.15, -0.1) is 0 Å². The van der Waals surface area contributed by atoms with E-state index in [0.717, 1.165) is 60.9 Å². The maximum Gasteiger partial charge on any atom is 0.164 e. The van der Waals surface area contributed by atoms with Crippen molar-refractivity contribution in [3.8, 4) is 78.7 Å². The number of aromatic nitrogens is 3. The second kappa shape index (κ2) is 14.4. The molecule has 2 aliphatic rings. The number of benzene rings is 8. The first-order valence-electron chi connectivity index (χ1n) is 20.8. The van der Waals surface area contributed by atoms with Gasteiger partial charge in [-0.3, -0.25) is 0 Å². The normalized spacial score (nSPS) is 15.1. The van der Waals surface area contributed by atoms with Gasteiger partial charge in [0, 0.05) is 39.3 Å². The zero-order valence-electron chi connectivity index (χ0n) is 33.1. The van der Waals surface area contributed by atoms with Crippen LogP contribution in [0.5, 0.6) is 0 Å². The molecule has 0 fully saturated rings. The fourth-order valence-electron chi connectivity index (χ4n) is 9.39. The average molecular weight is 780 g/mol. The first-order valence-corrected chi connectivity index (χ1v) is 20.8.